The Morgan fingerprint density at radius 3 is 2.71 bits per heavy atom. The van der Waals surface area contributed by atoms with E-state index >= 15 is 0 Å². The molecule has 2 aromatic rings. The van der Waals surface area contributed by atoms with Crippen molar-refractivity contribution in [3.63, 3.8) is 0 Å². The Labute approximate surface area is 128 Å². The number of hydrogen-bond donors (Lipinski definition) is 2. The highest BCUT2D eigenvalue weighted by atomic mass is 32.2. The van der Waals surface area contributed by atoms with Crippen molar-refractivity contribution in [3.05, 3.63) is 41.7 Å². The maximum absolute atomic E-state index is 12.2. The van der Waals surface area contributed by atoms with E-state index in [4.69, 9.17) is 0 Å². The second-order valence-electron chi connectivity index (χ2n) is 4.64. The smallest absolute Gasteiger partial charge is 0.233 e. The van der Waals surface area contributed by atoms with E-state index in [1.54, 1.807) is 0 Å². The molecule has 0 aliphatic heterocycles. The Hall–Kier alpha value is -1.82. The predicted molar refractivity (Wildman–Crippen MR) is 84.0 cm³/mol. The molecule has 1 aromatic carbocycles. The first-order chi connectivity index (χ1) is 10.2. The first-order valence-electron chi connectivity index (χ1n) is 7.12. The summed E-state index contributed by atoms with van der Waals surface area (Å²) in [6.45, 7) is 4.55. The number of H-pyrrole nitrogens is 1. The van der Waals surface area contributed by atoms with Crippen LogP contribution in [0, 0.1) is 0 Å². The van der Waals surface area contributed by atoms with Crippen molar-refractivity contribution in [2.75, 3.05) is 0 Å². The molecule has 6 heteroatoms. The summed E-state index contributed by atoms with van der Waals surface area (Å²) in [5, 5.41) is 10.4. The van der Waals surface area contributed by atoms with Gasteiger partial charge in [0.05, 0.1) is 5.25 Å². The van der Waals surface area contributed by atoms with Gasteiger partial charge in [-0.25, -0.2) is 4.98 Å². The standard InChI is InChI=1S/C15H20N4OS/c1-3-12(21-15-17-13(4-2)18-19-15)14(20)16-10-11-8-6-5-7-9-11/h5-9,12H,3-4,10H2,1-2H3,(H,16,20)(H,17,18,19). The van der Waals surface area contributed by atoms with Gasteiger partial charge >= 0.3 is 0 Å². The van der Waals surface area contributed by atoms with E-state index in [9.17, 15) is 4.79 Å². The number of amides is 1. The van der Waals surface area contributed by atoms with Crippen molar-refractivity contribution in [2.45, 2.75) is 43.6 Å². The minimum Gasteiger partial charge on any atom is -0.351 e. The summed E-state index contributed by atoms with van der Waals surface area (Å²) in [7, 11) is 0. The lowest BCUT2D eigenvalue weighted by molar-refractivity contribution is -0.120. The molecule has 1 unspecified atom stereocenters. The summed E-state index contributed by atoms with van der Waals surface area (Å²) >= 11 is 1.40. The number of carbonyl (C=O) groups excluding carboxylic acids is 1. The molecule has 0 saturated carbocycles. The normalized spacial score (nSPS) is 12.1. The van der Waals surface area contributed by atoms with Crippen LogP contribution in [0.5, 0.6) is 0 Å². The molecule has 5 nitrogen and oxygen atoms in total. The monoisotopic (exact) mass is 304 g/mol. The molecule has 1 aromatic heterocycles. The molecule has 0 spiro atoms. The fraction of sp³-hybridized carbons (Fsp3) is 0.400. The summed E-state index contributed by atoms with van der Waals surface area (Å²) in [5.74, 6) is 0.867. The van der Waals surface area contributed by atoms with Crippen LogP contribution in [0.3, 0.4) is 0 Å². The van der Waals surface area contributed by atoms with Gasteiger partial charge < -0.3 is 5.32 Å². The summed E-state index contributed by atoms with van der Waals surface area (Å²) in [6.07, 6.45) is 1.55. The Morgan fingerprint density at radius 2 is 2.10 bits per heavy atom. The molecule has 0 radical (unpaired) electrons. The minimum atomic E-state index is -0.172. The van der Waals surface area contributed by atoms with Crippen LogP contribution >= 0.6 is 11.8 Å². The van der Waals surface area contributed by atoms with Crippen LogP contribution in [-0.2, 0) is 17.8 Å². The number of nitrogens with one attached hydrogen (secondary N) is 2. The fourth-order valence-electron chi connectivity index (χ4n) is 1.84. The largest absolute Gasteiger partial charge is 0.351 e. The summed E-state index contributed by atoms with van der Waals surface area (Å²) < 4.78 is 0. The second kappa shape index (κ2) is 7.83. The number of carbonyl (C=O) groups is 1. The van der Waals surface area contributed by atoms with Gasteiger partial charge in [0.25, 0.3) is 0 Å². The van der Waals surface area contributed by atoms with E-state index in [-0.39, 0.29) is 11.2 Å². The van der Waals surface area contributed by atoms with Crippen molar-refractivity contribution in [1.82, 2.24) is 20.5 Å². The SMILES string of the molecule is CCc1nc(SC(CC)C(=O)NCc2ccccc2)n[nH]1. The molecule has 0 saturated heterocycles. The topological polar surface area (TPSA) is 70.7 Å². The Balaban J connectivity index is 1.89. The minimum absolute atomic E-state index is 0.0224. The first kappa shape index (κ1) is 15.6. The van der Waals surface area contributed by atoms with Crippen molar-refractivity contribution >= 4 is 17.7 Å². The van der Waals surface area contributed by atoms with Gasteiger partial charge in [-0.2, -0.15) is 0 Å². The van der Waals surface area contributed by atoms with Gasteiger partial charge in [0, 0.05) is 13.0 Å². The highest BCUT2D eigenvalue weighted by Crippen LogP contribution is 2.22. The third-order valence-corrected chi connectivity index (χ3v) is 4.29. The number of thioether (sulfide) groups is 1. The van der Waals surface area contributed by atoms with E-state index in [1.165, 1.54) is 11.8 Å². The number of rotatable bonds is 7. The average Bonchev–Trinajstić information content (AvgIpc) is 2.99. The van der Waals surface area contributed by atoms with Gasteiger partial charge in [0.2, 0.25) is 11.1 Å². The molecule has 2 N–H and O–H groups in total. The summed E-state index contributed by atoms with van der Waals surface area (Å²) in [6, 6.07) is 9.89. The third kappa shape index (κ3) is 4.60. The zero-order valence-electron chi connectivity index (χ0n) is 12.3. The van der Waals surface area contributed by atoms with Crippen LogP contribution in [0.2, 0.25) is 0 Å². The predicted octanol–water partition coefficient (Wildman–Crippen LogP) is 2.55. The van der Waals surface area contributed by atoms with Crippen LogP contribution in [-0.4, -0.2) is 26.3 Å². The summed E-state index contributed by atoms with van der Waals surface area (Å²) in [4.78, 5) is 16.6. The third-order valence-electron chi connectivity index (χ3n) is 3.07. The van der Waals surface area contributed by atoms with E-state index in [0.29, 0.717) is 11.7 Å². The lowest BCUT2D eigenvalue weighted by Crippen LogP contribution is -2.31. The quantitative estimate of drug-likeness (QED) is 0.771. The van der Waals surface area contributed by atoms with Crippen LogP contribution in [0.15, 0.2) is 35.5 Å². The fourth-order valence-corrected chi connectivity index (χ4v) is 2.71. The molecular weight excluding hydrogens is 284 g/mol. The zero-order chi connectivity index (χ0) is 15.1. The van der Waals surface area contributed by atoms with Crippen molar-refractivity contribution in [1.29, 1.82) is 0 Å². The molecule has 1 atom stereocenters. The molecule has 1 amide bonds. The number of aromatic nitrogens is 3. The van der Waals surface area contributed by atoms with Crippen LogP contribution < -0.4 is 5.32 Å². The highest BCUT2D eigenvalue weighted by Gasteiger charge is 2.19. The van der Waals surface area contributed by atoms with Crippen LogP contribution in [0.25, 0.3) is 0 Å². The maximum atomic E-state index is 12.2. The number of benzene rings is 1. The zero-order valence-corrected chi connectivity index (χ0v) is 13.1. The molecule has 0 aliphatic rings. The van der Waals surface area contributed by atoms with Crippen molar-refractivity contribution in [2.24, 2.45) is 0 Å². The van der Waals surface area contributed by atoms with E-state index in [1.807, 2.05) is 44.2 Å². The number of nitrogens with zero attached hydrogens (tertiary/aromatic N) is 2. The van der Waals surface area contributed by atoms with Crippen LogP contribution in [0.4, 0.5) is 0 Å². The van der Waals surface area contributed by atoms with Crippen LogP contribution in [0.1, 0.15) is 31.7 Å². The molecule has 0 aliphatic carbocycles. The van der Waals surface area contributed by atoms with Gasteiger partial charge in [-0.1, -0.05) is 55.9 Å². The molecule has 2 rings (SSSR count). The van der Waals surface area contributed by atoms with E-state index < -0.39 is 0 Å². The van der Waals surface area contributed by atoms with Gasteiger partial charge in [0.15, 0.2) is 0 Å². The van der Waals surface area contributed by atoms with E-state index in [0.717, 1.165) is 24.2 Å². The first-order valence-corrected chi connectivity index (χ1v) is 8.00. The van der Waals surface area contributed by atoms with Gasteiger partial charge in [-0.05, 0) is 12.0 Å². The number of hydrogen-bond acceptors (Lipinski definition) is 4. The van der Waals surface area contributed by atoms with Gasteiger partial charge in [-0.3, -0.25) is 9.89 Å². The molecular formula is C15H20N4OS. The van der Waals surface area contributed by atoms with Gasteiger partial charge in [-0.15, -0.1) is 5.10 Å². The maximum Gasteiger partial charge on any atom is 0.233 e. The van der Waals surface area contributed by atoms with Gasteiger partial charge in [0.1, 0.15) is 5.82 Å². The highest BCUT2D eigenvalue weighted by molar-refractivity contribution is 8.00. The number of aromatic amines is 1. The molecule has 0 bridgehead atoms. The lowest BCUT2D eigenvalue weighted by atomic mass is 10.2. The van der Waals surface area contributed by atoms with E-state index in [2.05, 4.69) is 20.5 Å². The Kier molecular flexibility index (Phi) is 5.80. The van der Waals surface area contributed by atoms with Crippen molar-refractivity contribution in [3.8, 4) is 0 Å². The Bertz CT molecular complexity index is 570. The van der Waals surface area contributed by atoms with Crippen molar-refractivity contribution < 1.29 is 4.79 Å². The molecule has 1 heterocycles. The molecule has 0 fully saturated rings. The molecule has 112 valence electrons. The second-order valence-corrected chi connectivity index (χ2v) is 5.81. The average molecular weight is 304 g/mol. The molecule has 21 heavy (non-hydrogen) atoms. The summed E-state index contributed by atoms with van der Waals surface area (Å²) in [5.41, 5.74) is 1.09. The lowest BCUT2D eigenvalue weighted by Gasteiger charge is -2.12. The Morgan fingerprint density at radius 1 is 1.33 bits per heavy atom. The number of aryl methyl sites for hydroxylation is 1.